The monoisotopic (exact) mass is 288 g/mol. The van der Waals surface area contributed by atoms with Gasteiger partial charge in [-0.3, -0.25) is 0 Å². The molecule has 0 saturated heterocycles. The standard InChI is InChI=1S/C16H16O5/c1-3-8-20-16(18)21-14-7-6-11-9-13(15(17)19-2)5-4-12(11)10-14/h4-7,9-10H,3,8H2,1-2H3. The Labute approximate surface area is 122 Å². The minimum Gasteiger partial charge on any atom is -0.465 e. The largest absolute Gasteiger partial charge is 0.513 e. The highest BCUT2D eigenvalue weighted by atomic mass is 16.7. The van der Waals surface area contributed by atoms with Gasteiger partial charge in [0.25, 0.3) is 0 Å². The molecule has 0 spiro atoms. The number of esters is 1. The summed E-state index contributed by atoms with van der Waals surface area (Å²) in [6.45, 7) is 2.23. The summed E-state index contributed by atoms with van der Waals surface area (Å²) in [5, 5.41) is 1.70. The topological polar surface area (TPSA) is 61.8 Å². The van der Waals surface area contributed by atoms with Gasteiger partial charge in [0.2, 0.25) is 0 Å². The van der Waals surface area contributed by atoms with Gasteiger partial charge >= 0.3 is 12.1 Å². The molecule has 0 saturated carbocycles. The third-order valence-electron chi connectivity index (χ3n) is 2.86. The Morgan fingerprint density at radius 3 is 2.48 bits per heavy atom. The highest BCUT2D eigenvalue weighted by Gasteiger charge is 2.08. The van der Waals surface area contributed by atoms with Crippen LogP contribution in [0.3, 0.4) is 0 Å². The van der Waals surface area contributed by atoms with Gasteiger partial charge in [0.05, 0.1) is 19.3 Å². The van der Waals surface area contributed by atoms with E-state index in [4.69, 9.17) is 9.47 Å². The molecule has 2 rings (SSSR count). The number of hydrogen-bond donors (Lipinski definition) is 0. The summed E-state index contributed by atoms with van der Waals surface area (Å²) in [5.41, 5.74) is 0.473. The molecule has 0 aliphatic rings. The van der Waals surface area contributed by atoms with Gasteiger partial charge in [-0.25, -0.2) is 9.59 Å². The molecule has 0 unspecified atom stereocenters. The average molecular weight is 288 g/mol. The van der Waals surface area contributed by atoms with E-state index in [2.05, 4.69) is 4.74 Å². The van der Waals surface area contributed by atoms with Crippen molar-refractivity contribution in [2.75, 3.05) is 13.7 Å². The molecule has 2 aromatic carbocycles. The van der Waals surface area contributed by atoms with Crippen molar-refractivity contribution in [3.8, 4) is 5.75 Å². The fraction of sp³-hybridized carbons (Fsp3) is 0.250. The highest BCUT2D eigenvalue weighted by molar-refractivity contribution is 5.95. The van der Waals surface area contributed by atoms with E-state index >= 15 is 0 Å². The summed E-state index contributed by atoms with van der Waals surface area (Å²) < 4.78 is 14.6. The fourth-order valence-electron chi connectivity index (χ4n) is 1.84. The number of carbonyl (C=O) groups excluding carboxylic acids is 2. The molecule has 5 heteroatoms. The Morgan fingerprint density at radius 2 is 1.76 bits per heavy atom. The lowest BCUT2D eigenvalue weighted by Gasteiger charge is -2.07. The van der Waals surface area contributed by atoms with E-state index in [1.165, 1.54) is 7.11 Å². The van der Waals surface area contributed by atoms with E-state index in [0.29, 0.717) is 17.9 Å². The van der Waals surface area contributed by atoms with Crippen LogP contribution in [-0.4, -0.2) is 25.8 Å². The SMILES string of the molecule is CCCOC(=O)Oc1ccc2cc(C(=O)OC)ccc2c1. The van der Waals surface area contributed by atoms with Crippen molar-refractivity contribution in [1.29, 1.82) is 0 Å². The smallest absolute Gasteiger partial charge is 0.465 e. The van der Waals surface area contributed by atoms with Gasteiger partial charge < -0.3 is 14.2 Å². The van der Waals surface area contributed by atoms with Crippen molar-refractivity contribution in [2.45, 2.75) is 13.3 Å². The van der Waals surface area contributed by atoms with Gasteiger partial charge in [-0.1, -0.05) is 19.1 Å². The van der Waals surface area contributed by atoms with Crippen molar-refractivity contribution < 1.29 is 23.8 Å². The maximum absolute atomic E-state index is 11.5. The minimum absolute atomic E-state index is 0.328. The zero-order valence-corrected chi connectivity index (χ0v) is 11.9. The molecule has 0 aromatic heterocycles. The molecular formula is C16H16O5. The van der Waals surface area contributed by atoms with Crippen LogP contribution in [0.15, 0.2) is 36.4 Å². The summed E-state index contributed by atoms with van der Waals surface area (Å²) in [6, 6.07) is 10.3. The molecule has 0 radical (unpaired) electrons. The Bertz CT molecular complexity index is 663. The van der Waals surface area contributed by atoms with Crippen LogP contribution in [0.1, 0.15) is 23.7 Å². The van der Waals surface area contributed by atoms with Crippen LogP contribution >= 0.6 is 0 Å². The van der Waals surface area contributed by atoms with Gasteiger partial charge in [-0.15, -0.1) is 0 Å². The Hall–Kier alpha value is -2.56. The molecule has 21 heavy (non-hydrogen) atoms. The zero-order valence-electron chi connectivity index (χ0n) is 11.9. The number of rotatable bonds is 4. The third-order valence-corrected chi connectivity index (χ3v) is 2.86. The molecule has 0 bridgehead atoms. The number of fused-ring (bicyclic) bond motifs is 1. The lowest BCUT2D eigenvalue weighted by atomic mass is 10.1. The van der Waals surface area contributed by atoms with Gasteiger partial charge in [0, 0.05) is 0 Å². The molecule has 110 valence electrons. The molecule has 0 atom stereocenters. The first-order valence-electron chi connectivity index (χ1n) is 6.60. The number of benzene rings is 2. The van der Waals surface area contributed by atoms with Crippen LogP contribution in [-0.2, 0) is 9.47 Å². The fourth-order valence-corrected chi connectivity index (χ4v) is 1.84. The summed E-state index contributed by atoms with van der Waals surface area (Å²) in [6.07, 6.45) is 0.0192. The molecule has 0 aliphatic carbocycles. The summed E-state index contributed by atoms with van der Waals surface area (Å²) in [5.74, 6) is 0.00907. The molecule has 5 nitrogen and oxygen atoms in total. The van der Waals surface area contributed by atoms with E-state index < -0.39 is 6.16 Å². The van der Waals surface area contributed by atoms with E-state index in [1.54, 1.807) is 36.4 Å². The van der Waals surface area contributed by atoms with Gasteiger partial charge in [0.1, 0.15) is 5.75 Å². The normalized spacial score (nSPS) is 10.2. The first kappa shape index (κ1) is 14.8. The van der Waals surface area contributed by atoms with Crippen molar-refractivity contribution in [1.82, 2.24) is 0 Å². The molecule has 0 amide bonds. The second-order valence-corrected chi connectivity index (χ2v) is 4.42. The van der Waals surface area contributed by atoms with Crippen molar-refractivity contribution in [3.63, 3.8) is 0 Å². The first-order valence-corrected chi connectivity index (χ1v) is 6.60. The highest BCUT2D eigenvalue weighted by Crippen LogP contribution is 2.22. The van der Waals surface area contributed by atoms with Crippen LogP contribution in [0.4, 0.5) is 4.79 Å². The van der Waals surface area contributed by atoms with Gasteiger partial charge in [0.15, 0.2) is 0 Å². The second-order valence-electron chi connectivity index (χ2n) is 4.42. The molecule has 0 heterocycles. The lowest BCUT2D eigenvalue weighted by Crippen LogP contribution is -2.10. The lowest BCUT2D eigenvalue weighted by molar-refractivity contribution is 0.0600. The Morgan fingerprint density at radius 1 is 1.05 bits per heavy atom. The predicted octanol–water partition coefficient (Wildman–Crippen LogP) is 3.55. The molecule has 0 fully saturated rings. The van der Waals surface area contributed by atoms with Gasteiger partial charge in [-0.2, -0.15) is 0 Å². The van der Waals surface area contributed by atoms with Crippen molar-refractivity contribution >= 4 is 22.9 Å². The number of ether oxygens (including phenoxy) is 3. The number of hydrogen-bond acceptors (Lipinski definition) is 5. The van der Waals surface area contributed by atoms with Gasteiger partial charge in [-0.05, 0) is 41.5 Å². The van der Waals surface area contributed by atoms with Crippen LogP contribution in [0.5, 0.6) is 5.75 Å². The van der Waals surface area contributed by atoms with E-state index in [9.17, 15) is 9.59 Å². The first-order chi connectivity index (χ1) is 10.1. The number of carbonyl (C=O) groups is 2. The molecule has 0 N–H and O–H groups in total. The van der Waals surface area contributed by atoms with Crippen LogP contribution < -0.4 is 4.74 Å². The third kappa shape index (κ3) is 3.72. The maximum atomic E-state index is 11.5. The van der Waals surface area contributed by atoms with Crippen LogP contribution in [0.25, 0.3) is 10.8 Å². The minimum atomic E-state index is -0.720. The summed E-state index contributed by atoms with van der Waals surface area (Å²) >= 11 is 0. The second kappa shape index (κ2) is 6.74. The Balaban J connectivity index is 2.19. The maximum Gasteiger partial charge on any atom is 0.513 e. The van der Waals surface area contributed by atoms with Crippen LogP contribution in [0.2, 0.25) is 0 Å². The van der Waals surface area contributed by atoms with E-state index in [0.717, 1.165) is 17.2 Å². The predicted molar refractivity (Wildman–Crippen MR) is 77.6 cm³/mol. The summed E-state index contributed by atoms with van der Waals surface area (Å²) in [7, 11) is 1.34. The van der Waals surface area contributed by atoms with Crippen LogP contribution in [0, 0.1) is 0 Å². The van der Waals surface area contributed by atoms with E-state index in [-0.39, 0.29) is 5.97 Å². The quantitative estimate of drug-likeness (QED) is 0.636. The molecule has 2 aromatic rings. The average Bonchev–Trinajstić information content (AvgIpc) is 2.51. The number of methoxy groups -OCH3 is 1. The Kier molecular flexibility index (Phi) is 4.77. The molecular weight excluding hydrogens is 272 g/mol. The zero-order chi connectivity index (χ0) is 15.2. The van der Waals surface area contributed by atoms with E-state index in [1.807, 2.05) is 6.92 Å². The molecule has 0 aliphatic heterocycles. The van der Waals surface area contributed by atoms with Crippen molar-refractivity contribution in [2.24, 2.45) is 0 Å². The van der Waals surface area contributed by atoms with Crippen molar-refractivity contribution in [3.05, 3.63) is 42.0 Å². The summed E-state index contributed by atoms with van der Waals surface area (Å²) in [4.78, 5) is 22.8.